The molecule has 0 aliphatic heterocycles. The van der Waals surface area contributed by atoms with Gasteiger partial charge in [-0.25, -0.2) is 0 Å². The maximum atomic E-state index is 11.9. The molecule has 4 N–H and O–H groups in total. The molecule has 0 spiro atoms. The molecule has 2 amide bonds. The van der Waals surface area contributed by atoms with E-state index < -0.39 is 11.9 Å². The zero-order chi connectivity index (χ0) is 13.3. The number of hydrogen-bond acceptors (Lipinski definition) is 4. The molecule has 1 unspecified atom stereocenters. The van der Waals surface area contributed by atoms with E-state index in [1.807, 2.05) is 0 Å². The number of carbonyl (C=O) groups is 2. The highest BCUT2D eigenvalue weighted by Gasteiger charge is 2.27. The largest absolute Gasteiger partial charge is 0.396 e. The van der Waals surface area contributed by atoms with Crippen molar-refractivity contribution in [1.29, 1.82) is 0 Å². The van der Waals surface area contributed by atoms with Gasteiger partial charge in [-0.2, -0.15) is 5.10 Å². The average molecular weight is 251 g/mol. The van der Waals surface area contributed by atoms with Crippen molar-refractivity contribution >= 4 is 17.5 Å². The summed E-state index contributed by atoms with van der Waals surface area (Å²) in [6.07, 6.45) is 3.44. The number of amides is 2. The summed E-state index contributed by atoms with van der Waals surface area (Å²) in [7, 11) is 1.63. The van der Waals surface area contributed by atoms with Crippen LogP contribution in [0.5, 0.6) is 0 Å². The number of anilines is 1. The lowest BCUT2D eigenvalue weighted by Crippen LogP contribution is -2.46. The molecule has 1 aromatic rings. The van der Waals surface area contributed by atoms with Crippen molar-refractivity contribution in [2.24, 2.45) is 7.05 Å². The predicted octanol–water partition coefficient (Wildman–Crippen LogP) is -0.601. The fourth-order valence-electron chi connectivity index (χ4n) is 1.62. The summed E-state index contributed by atoms with van der Waals surface area (Å²) in [5.41, 5.74) is 6.20. The second kappa shape index (κ2) is 4.67. The van der Waals surface area contributed by atoms with Crippen LogP contribution in [0.3, 0.4) is 0 Å². The Balaban J connectivity index is 1.96. The van der Waals surface area contributed by atoms with E-state index in [1.54, 1.807) is 14.0 Å². The first kappa shape index (κ1) is 12.4. The third-order valence-corrected chi connectivity index (χ3v) is 2.85. The van der Waals surface area contributed by atoms with Gasteiger partial charge in [0.25, 0.3) is 5.91 Å². The molecule has 7 nitrogen and oxygen atoms in total. The van der Waals surface area contributed by atoms with Gasteiger partial charge >= 0.3 is 0 Å². The van der Waals surface area contributed by atoms with Crippen molar-refractivity contribution in [1.82, 2.24) is 20.4 Å². The fraction of sp³-hybridized carbons (Fsp3) is 0.545. The lowest BCUT2D eigenvalue weighted by molar-refractivity contribution is -0.122. The molecular weight excluding hydrogens is 234 g/mol. The molecule has 0 saturated heterocycles. The number of nitrogens with two attached hydrogens (primary N) is 1. The maximum Gasteiger partial charge on any atom is 0.272 e. The number of rotatable bonds is 4. The van der Waals surface area contributed by atoms with Gasteiger partial charge in [0.2, 0.25) is 5.91 Å². The van der Waals surface area contributed by atoms with E-state index >= 15 is 0 Å². The monoisotopic (exact) mass is 251 g/mol. The molecule has 1 saturated carbocycles. The predicted molar refractivity (Wildman–Crippen MR) is 65.7 cm³/mol. The summed E-state index contributed by atoms with van der Waals surface area (Å²) in [5, 5.41) is 9.31. The van der Waals surface area contributed by atoms with Crippen molar-refractivity contribution in [2.75, 3.05) is 5.73 Å². The Morgan fingerprint density at radius 3 is 2.72 bits per heavy atom. The topological polar surface area (TPSA) is 102 Å². The third-order valence-electron chi connectivity index (χ3n) is 2.85. The summed E-state index contributed by atoms with van der Waals surface area (Å²) in [4.78, 5) is 23.6. The molecule has 1 aliphatic carbocycles. The van der Waals surface area contributed by atoms with E-state index in [1.165, 1.54) is 10.9 Å². The van der Waals surface area contributed by atoms with Gasteiger partial charge in [0.15, 0.2) is 0 Å². The molecular formula is C11H17N5O2. The summed E-state index contributed by atoms with van der Waals surface area (Å²) in [5.74, 6) is -0.572. The van der Waals surface area contributed by atoms with Crippen LogP contribution in [0, 0.1) is 0 Å². The molecule has 1 fully saturated rings. The van der Waals surface area contributed by atoms with Gasteiger partial charge in [-0.3, -0.25) is 14.3 Å². The SMILES string of the molecule is CC(NC(=O)c1c(N)cnn1C)C(=O)NC1CC1. The minimum absolute atomic E-state index is 0.174. The Morgan fingerprint density at radius 2 is 2.22 bits per heavy atom. The van der Waals surface area contributed by atoms with Gasteiger partial charge in [0.1, 0.15) is 11.7 Å². The second-order valence-corrected chi connectivity index (χ2v) is 4.55. The normalized spacial score (nSPS) is 16.1. The van der Waals surface area contributed by atoms with E-state index in [2.05, 4.69) is 15.7 Å². The quantitative estimate of drug-likeness (QED) is 0.665. The van der Waals surface area contributed by atoms with Gasteiger partial charge in [0.05, 0.1) is 11.9 Å². The molecule has 18 heavy (non-hydrogen) atoms. The van der Waals surface area contributed by atoms with Crippen molar-refractivity contribution in [3.05, 3.63) is 11.9 Å². The highest BCUT2D eigenvalue weighted by molar-refractivity contribution is 5.99. The Morgan fingerprint density at radius 1 is 1.56 bits per heavy atom. The molecule has 7 heteroatoms. The molecule has 1 aliphatic rings. The zero-order valence-electron chi connectivity index (χ0n) is 10.4. The maximum absolute atomic E-state index is 11.9. The van der Waals surface area contributed by atoms with Crippen LogP contribution in [-0.4, -0.2) is 33.7 Å². The molecule has 0 aromatic carbocycles. The number of nitrogens with zero attached hydrogens (tertiary/aromatic N) is 2. The van der Waals surface area contributed by atoms with Crippen LogP contribution in [0.15, 0.2) is 6.20 Å². The smallest absolute Gasteiger partial charge is 0.272 e. The van der Waals surface area contributed by atoms with E-state index in [0.29, 0.717) is 5.69 Å². The van der Waals surface area contributed by atoms with E-state index in [9.17, 15) is 9.59 Å². The van der Waals surface area contributed by atoms with Crippen LogP contribution in [-0.2, 0) is 11.8 Å². The standard InChI is InChI=1S/C11H17N5O2/c1-6(10(17)15-7-3-4-7)14-11(18)9-8(12)5-13-16(9)2/h5-7H,3-4,12H2,1-2H3,(H,14,18)(H,15,17). The van der Waals surface area contributed by atoms with Crippen molar-refractivity contribution < 1.29 is 9.59 Å². The Labute approximate surface area is 105 Å². The number of carbonyl (C=O) groups excluding carboxylic acids is 2. The lowest BCUT2D eigenvalue weighted by Gasteiger charge is -2.14. The molecule has 1 atom stereocenters. The summed E-state index contributed by atoms with van der Waals surface area (Å²) >= 11 is 0. The lowest BCUT2D eigenvalue weighted by atomic mass is 10.2. The number of aromatic nitrogens is 2. The van der Waals surface area contributed by atoms with E-state index in [-0.39, 0.29) is 17.6 Å². The Kier molecular flexibility index (Phi) is 3.22. The van der Waals surface area contributed by atoms with Gasteiger partial charge < -0.3 is 16.4 Å². The minimum Gasteiger partial charge on any atom is -0.396 e. The third kappa shape index (κ3) is 2.61. The number of nitrogens with one attached hydrogen (secondary N) is 2. The van der Waals surface area contributed by atoms with Gasteiger partial charge in [-0.05, 0) is 19.8 Å². The van der Waals surface area contributed by atoms with Crippen LogP contribution < -0.4 is 16.4 Å². The number of nitrogen functional groups attached to an aromatic ring is 1. The summed E-state index contributed by atoms with van der Waals surface area (Å²) in [6, 6.07) is -0.314. The first-order chi connectivity index (χ1) is 8.49. The molecule has 2 rings (SSSR count). The molecule has 0 bridgehead atoms. The average Bonchev–Trinajstić information content (AvgIpc) is 3.04. The highest BCUT2D eigenvalue weighted by atomic mass is 16.2. The molecule has 1 heterocycles. The van der Waals surface area contributed by atoms with Crippen LogP contribution in [0.25, 0.3) is 0 Å². The van der Waals surface area contributed by atoms with Crippen LogP contribution >= 0.6 is 0 Å². The van der Waals surface area contributed by atoms with Crippen LogP contribution in [0.1, 0.15) is 30.3 Å². The van der Waals surface area contributed by atoms with Gasteiger partial charge in [0, 0.05) is 13.1 Å². The van der Waals surface area contributed by atoms with E-state index in [4.69, 9.17) is 5.73 Å². The van der Waals surface area contributed by atoms with Crippen molar-refractivity contribution in [3.8, 4) is 0 Å². The minimum atomic E-state index is -0.590. The highest BCUT2D eigenvalue weighted by Crippen LogP contribution is 2.18. The van der Waals surface area contributed by atoms with Crippen molar-refractivity contribution in [3.63, 3.8) is 0 Å². The Bertz CT molecular complexity index is 458. The summed E-state index contributed by atoms with van der Waals surface area (Å²) in [6.45, 7) is 1.64. The van der Waals surface area contributed by atoms with Gasteiger partial charge in [-0.15, -0.1) is 0 Å². The summed E-state index contributed by atoms with van der Waals surface area (Å²) < 4.78 is 1.39. The first-order valence-electron chi connectivity index (χ1n) is 5.87. The van der Waals surface area contributed by atoms with Crippen LogP contribution in [0.2, 0.25) is 0 Å². The number of hydrogen-bond donors (Lipinski definition) is 3. The number of aryl methyl sites for hydroxylation is 1. The molecule has 98 valence electrons. The Hall–Kier alpha value is -2.05. The van der Waals surface area contributed by atoms with Gasteiger partial charge in [-0.1, -0.05) is 0 Å². The molecule has 0 radical (unpaired) electrons. The first-order valence-corrected chi connectivity index (χ1v) is 5.87. The van der Waals surface area contributed by atoms with Crippen molar-refractivity contribution in [2.45, 2.75) is 31.8 Å². The second-order valence-electron chi connectivity index (χ2n) is 4.55. The zero-order valence-corrected chi connectivity index (χ0v) is 10.4. The van der Waals surface area contributed by atoms with Crippen LogP contribution in [0.4, 0.5) is 5.69 Å². The molecule has 1 aromatic heterocycles. The fourth-order valence-corrected chi connectivity index (χ4v) is 1.62. The van der Waals surface area contributed by atoms with E-state index in [0.717, 1.165) is 12.8 Å².